The first-order valence-electron chi connectivity index (χ1n) is 7.55. The summed E-state index contributed by atoms with van der Waals surface area (Å²) in [6.07, 6.45) is 1.76. The number of nitrogens with zero attached hydrogens (tertiary/aromatic N) is 2. The van der Waals surface area contributed by atoms with Gasteiger partial charge in [0.05, 0.1) is 6.54 Å². The molecule has 0 aliphatic carbocycles. The third-order valence-electron chi connectivity index (χ3n) is 3.37. The van der Waals surface area contributed by atoms with Crippen LogP contribution in [0.5, 0.6) is 5.75 Å². The first-order valence-corrected chi connectivity index (χ1v) is 8.31. The molecule has 5 nitrogen and oxygen atoms in total. The molecular formula is C18H15Cl2N3O2. The molecule has 0 spiro atoms. The molecule has 25 heavy (non-hydrogen) atoms. The van der Waals surface area contributed by atoms with E-state index >= 15 is 0 Å². The number of carbonyl (C=O) groups is 1. The van der Waals surface area contributed by atoms with Crippen molar-refractivity contribution in [2.24, 2.45) is 0 Å². The Bertz CT molecular complexity index is 866. The van der Waals surface area contributed by atoms with Gasteiger partial charge in [-0.05, 0) is 29.8 Å². The number of rotatable bonds is 6. The third kappa shape index (κ3) is 4.98. The fourth-order valence-electron chi connectivity index (χ4n) is 2.19. The molecule has 0 saturated carbocycles. The van der Waals surface area contributed by atoms with Gasteiger partial charge in [-0.1, -0.05) is 47.5 Å². The van der Waals surface area contributed by atoms with Gasteiger partial charge in [0.15, 0.2) is 12.4 Å². The van der Waals surface area contributed by atoms with Crippen LogP contribution in [-0.2, 0) is 11.3 Å². The lowest BCUT2D eigenvalue weighted by atomic mass is 10.2. The molecule has 0 bridgehead atoms. The monoisotopic (exact) mass is 375 g/mol. The largest absolute Gasteiger partial charge is 0.484 e. The highest BCUT2D eigenvalue weighted by atomic mass is 35.5. The number of para-hydroxylation sites is 1. The van der Waals surface area contributed by atoms with E-state index in [1.165, 1.54) is 0 Å². The van der Waals surface area contributed by atoms with Crippen LogP contribution in [0.15, 0.2) is 60.8 Å². The highest BCUT2D eigenvalue weighted by Crippen LogP contribution is 2.21. The number of halogens is 2. The van der Waals surface area contributed by atoms with E-state index in [0.29, 0.717) is 28.2 Å². The molecule has 3 aromatic rings. The number of benzene rings is 2. The summed E-state index contributed by atoms with van der Waals surface area (Å²) in [5.74, 6) is 0.811. The van der Waals surface area contributed by atoms with Crippen LogP contribution in [0, 0.1) is 0 Å². The zero-order valence-electron chi connectivity index (χ0n) is 13.2. The Hall–Kier alpha value is -2.50. The van der Waals surface area contributed by atoms with Crippen molar-refractivity contribution in [2.45, 2.75) is 6.54 Å². The average molecular weight is 376 g/mol. The summed E-state index contributed by atoms with van der Waals surface area (Å²) in [5, 5.41) is 8.15. The molecule has 1 heterocycles. The van der Waals surface area contributed by atoms with E-state index in [1.807, 2.05) is 24.3 Å². The van der Waals surface area contributed by atoms with Crippen molar-refractivity contribution in [3.05, 3.63) is 76.4 Å². The lowest BCUT2D eigenvalue weighted by Crippen LogP contribution is -2.20. The molecule has 0 unspecified atom stereocenters. The van der Waals surface area contributed by atoms with Gasteiger partial charge in [-0.2, -0.15) is 5.10 Å². The van der Waals surface area contributed by atoms with Gasteiger partial charge in [0.25, 0.3) is 5.91 Å². The van der Waals surface area contributed by atoms with Gasteiger partial charge < -0.3 is 10.1 Å². The minimum Gasteiger partial charge on any atom is -0.484 e. The van der Waals surface area contributed by atoms with Crippen molar-refractivity contribution >= 4 is 34.9 Å². The SMILES string of the molecule is O=C(COc1ccccc1)Nc1ccn(Cc2ccc(Cl)cc2Cl)n1. The number of nitrogens with one attached hydrogen (secondary N) is 1. The van der Waals surface area contributed by atoms with Crippen molar-refractivity contribution in [1.82, 2.24) is 9.78 Å². The molecule has 1 N–H and O–H groups in total. The molecule has 0 fully saturated rings. The standard InChI is InChI=1S/C18H15Cl2N3O2/c19-14-7-6-13(16(20)10-14)11-23-9-8-17(22-23)21-18(24)12-25-15-4-2-1-3-5-15/h1-10H,11-12H2,(H,21,22,24). The molecule has 0 aliphatic heterocycles. The smallest absolute Gasteiger partial charge is 0.263 e. The average Bonchev–Trinajstić information content (AvgIpc) is 3.03. The van der Waals surface area contributed by atoms with Gasteiger partial charge in [-0.15, -0.1) is 0 Å². The van der Waals surface area contributed by atoms with Gasteiger partial charge in [0, 0.05) is 22.3 Å². The maximum Gasteiger partial charge on any atom is 0.263 e. The van der Waals surface area contributed by atoms with Crippen molar-refractivity contribution in [2.75, 3.05) is 11.9 Å². The summed E-state index contributed by atoms with van der Waals surface area (Å²) in [5.41, 5.74) is 0.888. The zero-order chi connectivity index (χ0) is 17.6. The van der Waals surface area contributed by atoms with Gasteiger partial charge in [-0.25, -0.2) is 0 Å². The number of carbonyl (C=O) groups excluding carboxylic acids is 1. The summed E-state index contributed by atoms with van der Waals surface area (Å²) < 4.78 is 7.08. The molecule has 3 rings (SSSR count). The summed E-state index contributed by atoms with van der Waals surface area (Å²) >= 11 is 12.0. The van der Waals surface area contributed by atoms with Gasteiger partial charge in [-0.3, -0.25) is 9.48 Å². The maximum atomic E-state index is 11.9. The van der Waals surface area contributed by atoms with E-state index < -0.39 is 0 Å². The molecule has 128 valence electrons. The third-order valence-corrected chi connectivity index (χ3v) is 3.96. The number of hydrogen-bond donors (Lipinski definition) is 1. The highest BCUT2D eigenvalue weighted by Gasteiger charge is 2.08. The Balaban J connectivity index is 1.55. The second kappa shape index (κ2) is 8.05. The van der Waals surface area contributed by atoms with Crippen LogP contribution < -0.4 is 10.1 Å². The second-order valence-electron chi connectivity index (χ2n) is 5.28. The van der Waals surface area contributed by atoms with Crippen LogP contribution in [0.2, 0.25) is 10.0 Å². The van der Waals surface area contributed by atoms with Crippen LogP contribution in [0.25, 0.3) is 0 Å². The topological polar surface area (TPSA) is 56.1 Å². The number of hydrogen-bond acceptors (Lipinski definition) is 3. The minimum atomic E-state index is -0.279. The van der Waals surface area contributed by atoms with Crippen LogP contribution in [0.4, 0.5) is 5.82 Å². The van der Waals surface area contributed by atoms with E-state index in [-0.39, 0.29) is 12.5 Å². The Morgan fingerprint density at radius 3 is 2.68 bits per heavy atom. The second-order valence-corrected chi connectivity index (χ2v) is 6.13. The fraction of sp³-hybridized carbons (Fsp3) is 0.111. The summed E-state index contributed by atoms with van der Waals surface area (Å²) in [6.45, 7) is 0.395. The Labute approximate surface area is 155 Å². The van der Waals surface area contributed by atoms with Gasteiger partial charge in [0.1, 0.15) is 5.75 Å². The van der Waals surface area contributed by atoms with Crippen molar-refractivity contribution in [3.8, 4) is 5.75 Å². The molecule has 0 aliphatic rings. The number of aromatic nitrogens is 2. The molecule has 7 heteroatoms. The van der Waals surface area contributed by atoms with Crippen LogP contribution in [0.3, 0.4) is 0 Å². The van der Waals surface area contributed by atoms with E-state index in [0.717, 1.165) is 5.56 Å². The minimum absolute atomic E-state index is 0.0834. The summed E-state index contributed by atoms with van der Waals surface area (Å²) in [7, 11) is 0. The normalized spacial score (nSPS) is 10.5. The fourth-order valence-corrected chi connectivity index (χ4v) is 2.65. The van der Waals surface area contributed by atoms with E-state index in [1.54, 1.807) is 41.2 Å². The van der Waals surface area contributed by atoms with Crippen LogP contribution in [0.1, 0.15) is 5.56 Å². The molecule has 0 atom stereocenters. The first-order chi connectivity index (χ1) is 12.1. The predicted molar refractivity (Wildman–Crippen MR) is 98.4 cm³/mol. The predicted octanol–water partition coefficient (Wildman–Crippen LogP) is 4.26. The van der Waals surface area contributed by atoms with Crippen LogP contribution in [-0.4, -0.2) is 22.3 Å². The molecule has 0 saturated heterocycles. The highest BCUT2D eigenvalue weighted by molar-refractivity contribution is 6.35. The lowest BCUT2D eigenvalue weighted by molar-refractivity contribution is -0.118. The van der Waals surface area contributed by atoms with E-state index in [4.69, 9.17) is 27.9 Å². The number of amides is 1. The van der Waals surface area contributed by atoms with E-state index in [2.05, 4.69) is 10.4 Å². The number of anilines is 1. The Morgan fingerprint density at radius 2 is 1.92 bits per heavy atom. The van der Waals surface area contributed by atoms with Crippen molar-refractivity contribution < 1.29 is 9.53 Å². The molecule has 1 amide bonds. The van der Waals surface area contributed by atoms with E-state index in [9.17, 15) is 4.79 Å². The Morgan fingerprint density at radius 1 is 1.12 bits per heavy atom. The molecule has 2 aromatic carbocycles. The molecule has 0 radical (unpaired) electrons. The summed E-state index contributed by atoms with van der Waals surface area (Å²) in [6, 6.07) is 16.2. The summed E-state index contributed by atoms with van der Waals surface area (Å²) in [4.78, 5) is 11.9. The molecule has 1 aromatic heterocycles. The lowest BCUT2D eigenvalue weighted by Gasteiger charge is -2.06. The first kappa shape index (κ1) is 17.3. The number of ether oxygens (including phenoxy) is 1. The molecular weight excluding hydrogens is 361 g/mol. The Kier molecular flexibility index (Phi) is 5.58. The maximum absolute atomic E-state index is 11.9. The quantitative estimate of drug-likeness (QED) is 0.700. The van der Waals surface area contributed by atoms with Gasteiger partial charge >= 0.3 is 0 Å². The van der Waals surface area contributed by atoms with Gasteiger partial charge in [0.2, 0.25) is 0 Å². The van der Waals surface area contributed by atoms with Crippen molar-refractivity contribution in [3.63, 3.8) is 0 Å². The van der Waals surface area contributed by atoms with Crippen LogP contribution >= 0.6 is 23.2 Å². The van der Waals surface area contributed by atoms with Crippen molar-refractivity contribution in [1.29, 1.82) is 0 Å². The zero-order valence-corrected chi connectivity index (χ0v) is 14.7.